The maximum Gasteiger partial charge on any atom is 0.267 e. The van der Waals surface area contributed by atoms with Crippen LogP contribution in [0, 0.1) is 0 Å². The molecule has 0 saturated heterocycles. The third-order valence-electron chi connectivity index (χ3n) is 5.98. The number of thioether (sulfide) groups is 1. The largest absolute Gasteiger partial charge is 0.310 e. The number of thiophene rings is 1. The summed E-state index contributed by atoms with van der Waals surface area (Å²) in [4.78, 5) is 33.6. The van der Waals surface area contributed by atoms with E-state index in [2.05, 4.69) is 10.4 Å². The fourth-order valence-corrected chi connectivity index (χ4v) is 6.51. The zero-order chi connectivity index (χ0) is 23.7. The number of anilines is 1. The Bertz CT molecular complexity index is 1390. The number of carbonyl (C=O) groups is 1. The quantitative estimate of drug-likeness (QED) is 0.226. The Morgan fingerprint density at radius 1 is 1.15 bits per heavy atom. The van der Waals surface area contributed by atoms with Crippen molar-refractivity contribution in [3.8, 4) is 5.69 Å². The van der Waals surface area contributed by atoms with E-state index in [1.54, 1.807) is 32.8 Å². The number of nitrogens with one attached hydrogen (secondary N) is 1. The summed E-state index contributed by atoms with van der Waals surface area (Å²) in [6.07, 6.45) is 7.07. The molecular weight excluding hydrogens is 466 g/mol. The lowest BCUT2D eigenvalue weighted by Crippen LogP contribution is -2.23. The number of aromatic nitrogens is 4. The minimum atomic E-state index is -0.164. The van der Waals surface area contributed by atoms with Gasteiger partial charge in [0.1, 0.15) is 10.6 Å². The van der Waals surface area contributed by atoms with Gasteiger partial charge in [0, 0.05) is 17.0 Å². The van der Waals surface area contributed by atoms with Crippen LogP contribution < -0.4 is 10.9 Å². The molecule has 34 heavy (non-hydrogen) atoms. The van der Waals surface area contributed by atoms with E-state index in [-0.39, 0.29) is 23.3 Å². The van der Waals surface area contributed by atoms with Crippen LogP contribution in [0.3, 0.4) is 0 Å². The molecule has 176 valence electrons. The summed E-state index contributed by atoms with van der Waals surface area (Å²) in [6, 6.07) is 11.5. The molecule has 1 aliphatic carbocycles. The van der Waals surface area contributed by atoms with Crippen molar-refractivity contribution >= 4 is 45.0 Å². The van der Waals surface area contributed by atoms with Gasteiger partial charge in [0.2, 0.25) is 5.91 Å². The molecular formula is C25H27N5O2S2. The first-order chi connectivity index (χ1) is 16.5. The van der Waals surface area contributed by atoms with Crippen LogP contribution in [0.15, 0.2) is 52.5 Å². The predicted octanol–water partition coefficient (Wildman–Crippen LogP) is 5.22. The molecule has 0 atom stereocenters. The summed E-state index contributed by atoms with van der Waals surface area (Å²) in [7, 11) is 0. The molecule has 5 rings (SSSR count). The van der Waals surface area contributed by atoms with Crippen molar-refractivity contribution in [2.45, 2.75) is 57.1 Å². The molecule has 9 heteroatoms. The van der Waals surface area contributed by atoms with Crippen LogP contribution in [0.4, 0.5) is 5.82 Å². The molecule has 3 heterocycles. The lowest BCUT2D eigenvalue weighted by atomic mass is 10.1. The number of benzene rings is 1. The molecule has 1 aromatic carbocycles. The number of aryl methyl sites for hydroxylation is 2. The molecule has 1 N–H and O–H groups in total. The SMILES string of the molecule is CC(C)n1nccc1NC(=O)CSc1nc2sc3c(c2c(=O)n1-c1ccccc1)CCCCC3. The first-order valence-corrected chi connectivity index (χ1v) is 13.4. The van der Waals surface area contributed by atoms with Crippen molar-refractivity contribution < 1.29 is 4.79 Å². The molecule has 1 amide bonds. The zero-order valence-corrected chi connectivity index (χ0v) is 20.9. The second kappa shape index (κ2) is 9.76. The Morgan fingerprint density at radius 2 is 1.94 bits per heavy atom. The first-order valence-electron chi connectivity index (χ1n) is 11.6. The monoisotopic (exact) mass is 493 g/mol. The van der Waals surface area contributed by atoms with Crippen LogP contribution in [0.5, 0.6) is 0 Å². The Hall–Kier alpha value is -2.91. The summed E-state index contributed by atoms with van der Waals surface area (Å²) >= 11 is 2.92. The van der Waals surface area contributed by atoms with E-state index in [1.165, 1.54) is 28.6 Å². The highest BCUT2D eigenvalue weighted by atomic mass is 32.2. The normalized spacial score (nSPS) is 13.7. The Kier molecular flexibility index (Phi) is 6.56. The topological polar surface area (TPSA) is 81.8 Å². The Morgan fingerprint density at radius 3 is 2.74 bits per heavy atom. The summed E-state index contributed by atoms with van der Waals surface area (Å²) in [6.45, 7) is 4.02. The van der Waals surface area contributed by atoms with E-state index < -0.39 is 0 Å². The Balaban J connectivity index is 1.50. The summed E-state index contributed by atoms with van der Waals surface area (Å²) in [5.41, 5.74) is 1.89. The van der Waals surface area contributed by atoms with Crippen molar-refractivity contribution in [2.24, 2.45) is 0 Å². The van der Waals surface area contributed by atoms with Crippen LogP contribution in [0.2, 0.25) is 0 Å². The smallest absolute Gasteiger partial charge is 0.267 e. The molecule has 0 bridgehead atoms. The number of rotatable bonds is 6. The van der Waals surface area contributed by atoms with Crippen molar-refractivity contribution in [3.05, 3.63) is 63.4 Å². The molecule has 0 spiro atoms. The van der Waals surface area contributed by atoms with E-state index in [0.717, 1.165) is 41.6 Å². The minimum absolute atomic E-state index is 0.0450. The lowest BCUT2D eigenvalue weighted by Gasteiger charge is -2.13. The summed E-state index contributed by atoms with van der Waals surface area (Å²) < 4.78 is 3.43. The van der Waals surface area contributed by atoms with E-state index >= 15 is 0 Å². The second-order valence-corrected chi connectivity index (χ2v) is 10.7. The molecule has 1 aliphatic rings. The second-order valence-electron chi connectivity index (χ2n) is 8.71. The third-order valence-corrected chi connectivity index (χ3v) is 8.11. The van der Waals surface area contributed by atoms with Crippen LogP contribution in [-0.4, -0.2) is 31.0 Å². The van der Waals surface area contributed by atoms with E-state index in [1.807, 2.05) is 44.2 Å². The van der Waals surface area contributed by atoms with Gasteiger partial charge < -0.3 is 5.32 Å². The number of hydrogen-bond donors (Lipinski definition) is 1. The van der Waals surface area contributed by atoms with Gasteiger partial charge in [-0.1, -0.05) is 36.4 Å². The molecule has 0 fully saturated rings. The van der Waals surface area contributed by atoms with Crippen LogP contribution in [-0.2, 0) is 17.6 Å². The van der Waals surface area contributed by atoms with Gasteiger partial charge in [-0.2, -0.15) is 5.10 Å². The van der Waals surface area contributed by atoms with Crippen LogP contribution in [0.25, 0.3) is 15.9 Å². The Labute approximate surface area is 206 Å². The van der Waals surface area contributed by atoms with Gasteiger partial charge in [0.05, 0.1) is 23.0 Å². The number of carbonyl (C=O) groups excluding carboxylic acids is 1. The highest BCUT2D eigenvalue weighted by molar-refractivity contribution is 7.99. The maximum atomic E-state index is 13.8. The first kappa shape index (κ1) is 22.9. The van der Waals surface area contributed by atoms with Gasteiger partial charge in [-0.25, -0.2) is 9.67 Å². The average Bonchev–Trinajstić information content (AvgIpc) is 3.36. The van der Waals surface area contributed by atoms with Gasteiger partial charge in [-0.3, -0.25) is 14.2 Å². The number of fused-ring (bicyclic) bond motifs is 3. The lowest BCUT2D eigenvalue weighted by molar-refractivity contribution is -0.113. The molecule has 4 aromatic rings. The van der Waals surface area contributed by atoms with Crippen LogP contribution >= 0.6 is 23.1 Å². The molecule has 3 aromatic heterocycles. The van der Waals surface area contributed by atoms with E-state index in [0.29, 0.717) is 11.0 Å². The molecule has 0 radical (unpaired) electrons. The number of hydrogen-bond acceptors (Lipinski definition) is 6. The van der Waals surface area contributed by atoms with Gasteiger partial charge in [0.25, 0.3) is 5.56 Å². The van der Waals surface area contributed by atoms with Crippen molar-refractivity contribution in [1.29, 1.82) is 0 Å². The predicted molar refractivity (Wildman–Crippen MR) is 138 cm³/mol. The van der Waals surface area contributed by atoms with E-state index in [9.17, 15) is 9.59 Å². The average molecular weight is 494 g/mol. The number of amides is 1. The highest BCUT2D eigenvalue weighted by Crippen LogP contribution is 2.34. The summed E-state index contributed by atoms with van der Waals surface area (Å²) in [5, 5.41) is 8.48. The minimum Gasteiger partial charge on any atom is -0.310 e. The molecule has 0 aliphatic heterocycles. The third kappa shape index (κ3) is 4.42. The zero-order valence-electron chi connectivity index (χ0n) is 19.3. The highest BCUT2D eigenvalue weighted by Gasteiger charge is 2.23. The van der Waals surface area contributed by atoms with Crippen molar-refractivity contribution in [1.82, 2.24) is 19.3 Å². The van der Waals surface area contributed by atoms with Gasteiger partial charge >= 0.3 is 0 Å². The maximum absolute atomic E-state index is 13.8. The van der Waals surface area contributed by atoms with Gasteiger partial charge in [-0.15, -0.1) is 11.3 Å². The molecule has 0 saturated carbocycles. The van der Waals surface area contributed by atoms with E-state index in [4.69, 9.17) is 4.98 Å². The van der Waals surface area contributed by atoms with Gasteiger partial charge in [0.15, 0.2) is 5.16 Å². The molecule has 7 nitrogen and oxygen atoms in total. The fraction of sp³-hybridized carbons (Fsp3) is 0.360. The van der Waals surface area contributed by atoms with Crippen molar-refractivity contribution in [2.75, 3.05) is 11.1 Å². The van der Waals surface area contributed by atoms with Crippen LogP contribution in [0.1, 0.15) is 49.6 Å². The standard InChI is InChI=1S/C25H27N5O2S2/c1-16(2)30-20(13-14-26-30)27-21(31)15-33-25-28-23-22(18-11-7-4-8-12-19(18)34-23)24(32)29(25)17-9-5-3-6-10-17/h3,5-6,9-10,13-14,16H,4,7-8,11-12,15H2,1-2H3,(H,27,31). The van der Waals surface area contributed by atoms with Crippen molar-refractivity contribution in [3.63, 3.8) is 0 Å². The summed E-state index contributed by atoms with van der Waals surface area (Å²) in [5.74, 6) is 0.633. The number of para-hydroxylation sites is 1. The number of nitrogens with zero attached hydrogens (tertiary/aromatic N) is 4. The molecule has 0 unspecified atom stereocenters. The fourth-order valence-electron chi connectivity index (χ4n) is 4.40. The van der Waals surface area contributed by atoms with Gasteiger partial charge in [-0.05, 0) is 57.2 Å².